The monoisotopic (exact) mass is 309 g/mol. The van der Waals surface area contributed by atoms with Gasteiger partial charge in [0.25, 0.3) is 0 Å². The van der Waals surface area contributed by atoms with Crippen molar-refractivity contribution in [2.75, 3.05) is 7.05 Å². The summed E-state index contributed by atoms with van der Waals surface area (Å²) in [4.78, 5) is 23.1. The van der Waals surface area contributed by atoms with Crippen molar-refractivity contribution in [3.63, 3.8) is 0 Å². The SMILES string of the molecule is C[C@H](Cn1cccn1)C(=O)N(C)Cc1cnc2ccccc2n1. The molecule has 1 atom stereocenters. The van der Waals surface area contributed by atoms with E-state index in [4.69, 9.17) is 0 Å². The largest absolute Gasteiger partial charge is 0.340 e. The van der Waals surface area contributed by atoms with E-state index in [1.807, 2.05) is 43.5 Å². The van der Waals surface area contributed by atoms with Crippen molar-refractivity contribution in [1.29, 1.82) is 0 Å². The van der Waals surface area contributed by atoms with E-state index in [-0.39, 0.29) is 11.8 Å². The molecule has 0 unspecified atom stereocenters. The Hall–Kier alpha value is -2.76. The Morgan fingerprint density at radius 1 is 1.26 bits per heavy atom. The second-order valence-corrected chi connectivity index (χ2v) is 5.67. The van der Waals surface area contributed by atoms with Crippen LogP contribution in [0.2, 0.25) is 0 Å². The number of hydrogen-bond donors (Lipinski definition) is 0. The van der Waals surface area contributed by atoms with E-state index in [0.29, 0.717) is 13.1 Å². The summed E-state index contributed by atoms with van der Waals surface area (Å²) in [6.07, 6.45) is 5.30. The lowest BCUT2D eigenvalue weighted by Crippen LogP contribution is -2.33. The Morgan fingerprint density at radius 2 is 2.04 bits per heavy atom. The van der Waals surface area contributed by atoms with Crippen molar-refractivity contribution >= 4 is 16.9 Å². The minimum atomic E-state index is -0.145. The molecule has 0 N–H and O–H groups in total. The van der Waals surface area contributed by atoms with Crippen LogP contribution in [0.1, 0.15) is 12.6 Å². The summed E-state index contributed by atoms with van der Waals surface area (Å²) in [6, 6.07) is 9.57. The molecule has 0 bridgehead atoms. The summed E-state index contributed by atoms with van der Waals surface area (Å²) in [5.74, 6) is -0.0798. The zero-order valence-electron chi connectivity index (χ0n) is 13.3. The van der Waals surface area contributed by atoms with Crippen LogP contribution in [0.5, 0.6) is 0 Å². The molecule has 0 radical (unpaired) electrons. The highest BCUT2D eigenvalue weighted by Crippen LogP contribution is 2.11. The van der Waals surface area contributed by atoms with Crippen LogP contribution >= 0.6 is 0 Å². The first kappa shape index (κ1) is 15.1. The first-order valence-corrected chi connectivity index (χ1v) is 7.56. The summed E-state index contributed by atoms with van der Waals surface area (Å²) in [6.45, 7) is 2.92. The fourth-order valence-electron chi connectivity index (χ4n) is 2.54. The van der Waals surface area contributed by atoms with Gasteiger partial charge < -0.3 is 4.90 Å². The third-order valence-electron chi connectivity index (χ3n) is 3.72. The summed E-state index contributed by atoms with van der Waals surface area (Å²) < 4.78 is 1.77. The maximum absolute atomic E-state index is 12.5. The second-order valence-electron chi connectivity index (χ2n) is 5.67. The average molecular weight is 309 g/mol. The molecule has 0 aliphatic heterocycles. The molecule has 0 spiro atoms. The summed E-state index contributed by atoms with van der Waals surface area (Å²) in [7, 11) is 1.79. The molecule has 2 aromatic heterocycles. The van der Waals surface area contributed by atoms with E-state index >= 15 is 0 Å². The van der Waals surface area contributed by atoms with Crippen molar-refractivity contribution < 1.29 is 4.79 Å². The number of amides is 1. The topological polar surface area (TPSA) is 63.9 Å². The van der Waals surface area contributed by atoms with Crippen LogP contribution in [-0.4, -0.2) is 37.6 Å². The van der Waals surface area contributed by atoms with Gasteiger partial charge in [-0.3, -0.25) is 14.5 Å². The summed E-state index contributed by atoms with van der Waals surface area (Å²) in [5, 5.41) is 4.14. The maximum atomic E-state index is 12.5. The van der Waals surface area contributed by atoms with Crippen molar-refractivity contribution in [2.45, 2.75) is 20.0 Å². The Morgan fingerprint density at radius 3 is 2.78 bits per heavy atom. The van der Waals surface area contributed by atoms with Gasteiger partial charge in [0, 0.05) is 19.4 Å². The van der Waals surface area contributed by atoms with Crippen LogP contribution in [0, 0.1) is 5.92 Å². The van der Waals surface area contributed by atoms with E-state index in [2.05, 4.69) is 15.1 Å². The number of nitrogens with zero attached hydrogens (tertiary/aromatic N) is 5. The Labute approximate surface area is 134 Å². The molecule has 3 rings (SSSR count). The number of para-hydroxylation sites is 2. The third kappa shape index (κ3) is 3.53. The normalized spacial score (nSPS) is 12.3. The fraction of sp³-hybridized carbons (Fsp3) is 0.294. The van der Waals surface area contributed by atoms with Crippen molar-refractivity contribution in [2.24, 2.45) is 5.92 Å². The van der Waals surface area contributed by atoms with Gasteiger partial charge in [0.05, 0.1) is 41.9 Å². The molecule has 0 saturated carbocycles. The maximum Gasteiger partial charge on any atom is 0.227 e. The van der Waals surface area contributed by atoms with Gasteiger partial charge >= 0.3 is 0 Å². The quantitative estimate of drug-likeness (QED) is 0.724. The smallest absolute Gasteiger partial charge is 0.227 e. The molecule has 23 heavy (non-hydrogen) atoms. The number of benzene rings is 1. The van der Waals surface area contributed by atoms with E-state index in [1.54, 1.807) is 29.0 Å². The van der Waals surface area contributed by atoms with E-state index in [0.717, 1.165) is 16.7 Å². The first-order valence-electron chi connectivity index (χ1n) is 7.56. The van der Waals surface area contributed by atoms with Gasteiger partial charge in [-0.25, -0.2) is 4.98 Å². The first-order chi connectivity index (χ1) is 11.1. The summed E-state index contributed by atoms with van der Waals surface area (Å²) >= 11 is 0. The summed E-state index contributed by atoms with van der Waals surface area (Å²) in [5.41, 5.74) is 2.48. The molecular formula is C17H19N5O. The van der Waals surface area contributed by atoms with Crippen LogP contribution < -0.4 is 0 Å². The molecule has 3 aromatic rings. The van der Waals surface area contributed by atoms with Crippen molar-refractivity contribution in [1.82, 2.24) is 24.6 Å². The highest BCUT2D eigenvalue weighted by atomic mass is 16.2. The zero-order chi connectivity index (χ0) is 16.2. The molecule has 2 heterocycles. The van der Waals surface area contributed by atoms with E-state index in [1.165, 1.54) is 0 Å². The molecule has 1 amide bonds. The van der Waals surface area contributed by atoms with Crippen molar-refractivity contribution in [3.05, 3.63) is 54.6 Å². The van der Waals surface area contributed by atoms with Gasteiger partial charge in [-0.2, -0.15) is 5.10 Å². The second kappa shape index (κ2) is 6.56. The lowest BCUT2D eigenvalue weighted by atomic mass is 10.1. The minimum Gasteiger partial charge on any atom is -0.340 e. The average Bonchev–Trinajstić information content (AvgIpc) is 3.07. The minimum absolute atomic E-state index is 0.0652. The lowest BCUT2D eigenvalue weighted by molar-refractivity contribution is -0.134. The molecule has 1 aromatic carbocycles. The standard InChI is InChI=1S/C17H19N5O/c1-13(11-22-9-5-8-19-22)17(23)21(2)12-14-10-18-15-6-3-4-7-16(15)20-14/h3-10,13H,11-12H2,1-2H3/t13-/m1/s1. The van der Waals surface area contributed by atoms with Gasteiger partial charge in [0.15, 0.2) is 0 Å². The van der Waals surface area contributed by atoms with Gasteiger partial charge in [0.2, 0.25) is 5.91 Å². The number of rotatable bonds is 5. The molecule has 0 aliphatic carbocycles. The molecule has 0 aliphatic rings. The van der Waals surface area contributed by atoms with Crippen LogP contribution in [0.25, 0.3) is 11.0 Å². The molecule has 0 fully saturated rings. The fourth-order valence-corrected chi connectivity index (χ4v) is 2.54. The molecule has 6 heteroatoms. The number of carbonyl (C=O) groups is 1. The number of hydrogen-bond acceptors (Lipinski definition) is 4. The predicted octanol–water partition coefficient (Wildman–Crippen LogP) is 2.12. The Bertz CT molecular complexity index is 800. The lowest BCUT2D eigenvalue weighted by Gasteiger charge is -2.21. The third-order valence-corrected chi connectivity index (χ3v) is 3.72. The van der Waals surface area contributed by atoms with Gasteiger partial charge in [-0.1, -0.05) is 19.1 Å². The predicted molar refractivity (Wildman–Crippen MR) is 87.4 cm³/mol. The van der Waals surface area contributed by atoms with Gasteiger partial charge in [0.1, 0.15) is 0 Å². The van der Waals surface area contributed by atoms with Gasteiger partial charge in [-0.15, -0.1) is 0 Å². The molecule has 0 saturated heterocycles. The number of aromatic nitrogens is 4. The Balaban J connectivity index is 1.66. The van der Waals surface area contributed by atoms with Crippen LogP contribution in [0.4, 0.5) is 0 Å². The van der Waals surface area contributed by atoms with Crippen molar-refractivity contribution in [3.8, 4) is 0 Å². The highest BCUT2D eigenvalue weighted by molar-refractivity contribution is 5.78. The molecule has 6 nitrogen and oxygen atoms in total. The number of carbonyl (C=O) groups excluding carboxylic acids is 1. The van der Waals surface area contributed by atoms with Crippen LogP contribution in [0.15, 0.2) is 48.9 Å². The van der Waals surface area contributed by atoms with E-state index in [9.17, 15) is 4.79 Å². The highest BCUT2D eigenvalue weighted by Gasteiger charge is 2.18. The Kier molecular flexibility index (Phi) is 4.32. The van der Waals surface area contributed by atoms with Crippen LogP contribution in [0.3, 0.4) is 0 Å². The molecular weight excluding hydrogens is 290 g/mol. The van der Waals surface area contributed by atoms with Gasteiger partial charge in [-0.05, 0) is 18.2 Å². The van der Waals surface area contributed by atoms with E-state index < -0.39 is 0 Å². The number of fused-ring (bicyclic) bond motifs is 1. The molecule has 118 valence electrons. The van der Waals surface area contributed by atoms with Crippen LogP contribution in [-0.2, 0) is 17.9 Å². The zero-order valence-corrected chi connectivity index (χ0v) is 13.3.